The van der Waals surface area contributed by atoms with Crippen LogP contribution in [0.5, 0.6) is 0 Å². The summed E-state index contributed by atoms with van der Waals surface area (Å²) in [6.07, 6.45) is 0.991. The first-order chi connectivity index (χ1) is 8.47. The Morgan fingerprint density at radius 2 is 2.00 bits per heavy atom. The van der Waals surface area contributed by atoms with Crippen LogP contribution in [-0.2, 0) is 10.0 Å². The molecule has 0 saturated carbocycles. The van der Waals surface area contributed by atoms with E-state index in [1.807, 2.05) is 6.92 Å². The zero-order valence-corrected chi connectivity index (χ0v) is 12.4. The summed E-state index contributed by atoms with van der Waals surface area (Å²) in [6, 6.07) is 3.72. The molecule has 7 heteroatoms. The minimum absolute atomic E-state index is 0.0707. The Bertz CT molecular complexity index is 494. The third kappa shape index (κ3) is 4.64. The normalized spacial score (nSPS) is 11.7. The lowest BCUT2D eigenvalue weighted by molar-refractivity contribution is 0.571. The summed E-state index contributed by atoms with van der Waals surface area (Å²) in [5.41, 5.74) is 0. The van der Waals surface area contributed by atoms with Crippen LogP contribution in [0.4, 0.5) is 4.39 Å². The van der Waals surface area contributed by atoms with Crippen molar-refractivity contribution in [3.63, 3.8) is 0 Å². The van der Waals surface area contributed by atoms with Crippen LogP contribution in [0.15, 0.2) is 27.6 Å². The number of rotatable bonds is 7. The van der Waals surface area contributed by atoms with Gasteiger partial charge in [-0.2, -0.15) is 0 Å². The first-order valence-electron chi connectivity index (χ1n) is 5.63. The fourth-order valence-electron chi connectivity index (χ4n) is 1.30. The van der Waals surface area contributed by atoms with E-state index in [4.69, 9.17) is 0 Å². The van der Waals surface area contributed by atoms with Crippen molar-refractivity contribution in [1.29, 1.82) is 0 Å². The molecule has 1 aromatic carbocycles. The molecular formula is C11H16BrFN2O2S. The van der Waals surface area contributed by atoms with E-state index in [2.05, 4.69) is 26.0 Å². The van der Waals surface area contributed by atoms with Gasteiger partial charge in [-0.3, -0.25) is 0 Å². The van der Waals surface area contributed by atoms with Crippen molar-refractivity contribution in [3.05, 3.63) is 28.5 Å². The summed E-state index contributed by atoms with van der Waals surface area (Å²) in [6.45, 7) is 3.70. The monoisotopic (exact) mass is 338 g/mol. The average molecular weight is 339 g/mol. The quantitative estimate of drug-likeness (QED) is 0.746. The second-order valence-corrected chi connectivity index (χ2v) is 6.34. The largest absolute Gasteiger partial charge is 0.315 e. The molecule has 1 aromatic rings. The molecule has 0 heterocycles. The van der Waals surface area contributed by atoms with Gasteiger partial charge in [-0.15, -0.1) is 0 Å². The summed E-state index contributed by atoms with van der Waals surface area (Å²) in [5.74, 6) is -0.595. The third-order valence-electron chi connectivity index (χ3n) is 2.22. The fraction of sp³-hybridized carbons (Fsp3) is 0.455. The van der Waals surface area contributed by atoms with Gasteiger partial charge in [0.1, 0.15) is 5.82 Å². The molecule has 0 unspecified atom stereocenters. The van der Waals surface area contributed by atoms with Crippen LogP contribution in [0.1, 0.15) is 13.3 Å². The Morgan fingerprint density at radius 3 is 2.61 bits per heavy atom. The van der Waals surface area contributed by atoms with Gasteiger partial charge >= 0.3 is 0 Å². The second-order valence-electron chi connectivity index (χ2n) is 3.72. The maximum absolute atomic E-state index is 13.2. The van der Waals surface area contributed by atoms with Crippen molar-refractivity contribution >= 4 is 26.0 Å². The van der Waals surface area contributed by atoms with Crippen LogP contribution in [0, 0.1) is 5.82 Å². The first kappa shape index (κ1) is 15.6. The molecule has 0 spiro atoms. The third-order valence-corrected chi connectivity index (χ3v) is 4.32. The smallest absolute Gasteiger partial charge is 0.240 e. The van der Waals surface area contributed by atoms with E-state index < -0.39 is 15.8 Å². The number of halogens is 2. The molecule has 4 nitrogen and oxygen atoms in total. The Hall–Kier alpha value is -0.500. The molecule has 0 fully saturated rings. The van der Waals surface area contributed by atoms with Crippen molar-refractivity contribution in [2.24, 2.45) is 0 Å². The highest BCUT2D eigenvalue weighted by molar-refractivity contribution is 9.10. The lowest BCUT2D eigenvalue weighted by atomic mass is 10.3. The Balaban J connectivity index is 2.60. The van der Waals surface area contributed by atoms with E-state index in [0.29, 0.717) is 6.54 Å². The van der Waals surface area contributed by atoms with Crippen LogP contribution in [0.2, 0.25) is 0 Å². The van der Waals surface area contributed by atoms with Crippen molar-refractivity contribution in [3.8, 4) is 0 Å². The molecule has 0 aliphatic rings. The molecule has 0 amide bonds. The van der Waals surface area contributed by atoms with E-state index in [-0.39, 0.29) is 15.9 Å². The minimum Gasteiger partial charge on any atom is -0.315 e. The van der Waals surface area contributed by atoms with Gasteiger partial charge in [0.15, 0.2) is 0 Å². The second kappa shape index (κ2) is 7.18. The molecule has 102 valence electrons. The predicted octanol–water partition coefficient (Wildman–Crippen LogP) is 1.87. The molecule has 0 aromatic heterocycles. The average Bonchev–Trinajstić information content (AvgIpc) is 2.32. The highest BCUT2D eigenvalue weighted by Crippen LogP contribution is 2.18. The van der Waals surface area contributed by atoms with Crippen molar-refractivity contribution in [2.75, 3.05) is 19.6 Å². The Morgan fingerprint density at radius 1 is 1.28 bits per heavy atom. The molecule has 0 radical (unpaired) electrons. The number of nitrogens with one attached hydrogen (secondary N) is 2. The van der Waals surface area contributed by atoms with Gasteiger partial charge in [-0.05, 0) is 47.1 Å². The first-order valence-corrected chi connectivity index (χ1v) is 7.90. The number of sulfonamides is 1. The van der Waals surface area contributed by atoms with Gasteiger partial charge in [0.05, 0.1) is 9.37 Å². The van der Waals surface area contributed by atoms with E-state index in [9.17, 15) is 12.8 Å². The van der Waals surface area contributed by atoms with Crippen LogP contribution < -0.4 is 10.0 Å². The lowest BCUT2D eigenvalue weighted by Crippen LogP contribution is -2.32. The maximum Gasteiger partial charge on any atom is 0.240 e. The molecule has 0 saturated heterocycles. The molecule has 18 heavy (non-hydrogen) atoms. The van der Waals surface area contributed by atoms with Gasteiger partial charge in [0.25, 0.3) is 0 Å². The van der Waals surface area contributed by atoms with Gasteiger partial charge in [-0.1, -0.05) is 6.92 Å². The zero-order chi connectivity index (χ0) is 13.6. The summed E-state index contributed by atoms with van der Waals surface area (Å²) in [5, 5.41) is 3.07. The topological polar surface area (TPSA) is 58.2 Å². The highest BCUT2D eigenvalue weighted by Gasteiger charge is 2.14. The summed E-state index contributed by atoms with van der Waals surface area (Å²) < 4.78 is 39.5. The standard InChI is InChI=1S/C11H16BrFN2O2S/c1-2-5-14-6-7-15-18(16,17)9-3-4-10(12)11(13)8-9/h3-4,8,14-15H,2,5-7H2,1H3. The van der Waals surface area contributed by atoms with Crippen LogP contribution in [0.25, 0.3) is 0 Å². The summed E-state index contributed by atoms with van der Waals surface area (Å²) in [7, 11) is -3.64. The number of hydrogen-bond acceptors (Lipinski definition) is 3. The van der Waals surface area contributed by atoms with Crippen molar-refractivity contribution < 1.29 is 12.8 Å². The summed E-state index contributed by atoms with van der Waals surface area (Å²) >= 11 is 2.98. The van der Waals surface area contributed by atoms with Crippen LogP contribution in [0.3, 0.4) is 0 Å². The highest BCUT2D eigenvalue weighted by atomic mass is 79.9. The van der Waals surface area contributed by atoms with Gasteiger partial charge in [-0.25, -0.2) is 17.5 Å². The minimum atomic E-state index is -3.64. The van der Waals surface area contributed by atoms with Gasteiger partial charge < -0.3 is 5.32 Å². The van der Waals surface area contributed by atoms with E-state index in [1.165, 1.54) is 12.1 Å². The number of benzene rings is 1. The zero-order valence-electron chi connectivity index (χ0n) is 10.0. The molecular weight excluding hydrogens is 323 g/mol. The SMILES string of the molecule is CCCNCCNS(=O)(=O)c1ccc(Br)c(F)c1. The summed E-state index contributed by atoms with van der Waals surface area (Å²) in [4.78, 5) is -0.0707. The van der Waals surface area contributed by atoms with Crippen molar-refractivity contribution in [2.45, 2.75) is 18.2 Å². The molecule has 1 rings (SSSR count). The molecule has 0 aliphatic carbocycles. The lowest BCUT2D eigenvalue weighted by Gasteiger charge is -2.07. The predicted molar refractivity (Wildman–Crippen MR) is 72.4 cm³/mol. The van der Waals surface area contributed by atoms with Gasteiger partial charge in [0, 0.05) is 13.1 Å². The van der Waals surface area contributed by atoms with E-state index >= 15 is 0 Å². The molecule has 0 bridgehead atoms. The molecule has 0 aliphatic heterocycles. The molecule has 2 N–H and O–H groups in total. The van der Waals surface area contributed by atoms with Crippen LogP contribution >= 0.6 is 15.9 Å². The molecule has 0 atom stereocenters. The van der Waals surface area contributed by atoms with E-state index in [0.717, 1.165) is 19.0 Å². The van der Waals surface area contributed by atoms with E-state index in [1.54, 1.807) is 0 Å². The van der Waals surface area contributed by atoms with Gasteiger partial charge in [0.2, 0.25) is 10.0 Å². The number of hydrogen-bond donors (Lipinski definition) is 2. The van der Waals surface area contributed by atoms with Crippen LogP contribution in [-0.4, -0.2) is 28.1 Å². The van der Waals surface area contributed by atoms with Crippen molar-refractivity contribution in [1.82, 2.24) is 10.0 Å². The fourth-order valence-corrected chi connectivity index (χ4v) is 2.59. The maximum atomic E-state index is 13.2. The Labute approximate surface area is 115 Å². The Kier molecular flexibility index (Phi) is 6.20.